The average Bonchev–Trinajstić information content (AvgIpc) is 2.86. The van der Waals surface area contributed by atoms with Gasteiger partial charge in [-0.15, -0.1) is 0 Å². The van der Waals surface area contributed by atoms with Gasteiger partial charge in [-0.25, -0.2) is 4.79 Å². The highest BCUT2D eigenvalue weighted by Gasteiger charge is 2.19. The second kappa shape index (κ2) is 5.14. The highest BCUT2D eigenvalue weighted by atomic mass is 35.5. The van der Waals surface area contributed by atoms with Gasteiger partial charge in [-0.1, -0.05) is 17.7 Å². The predicted molar refractivity (Wildman–Crippen MR) is 81.4 cm³/mol. The van der Waals surface area contributed by atoms with Crippen LogP contribution in [-0.4, -0.2) is 22.6 Å². The van der Waals surface area contributed by atoms with Crippen LogP contribution in [0.3, 0.4) is 0 Å². The molecule has 4 nitrogen and oxygen atoms in total. The smallest absolute Gasteiger partial charge is 0.338 e. The van der Waals surface area contributed by atoms with Gasteiger partial charge >= 0.3 is 5.97 Å². The number of carboxylic acid groups (broad SMARTS) is 1. The highest BCUT2D eigenvalue weighted by Crippen LogP contribution is 2.35. The van der Waals surface area contributed by atoms with Crippen LogP contribution in [-0.2, 0) is 0 Å². The molecule has 0 unspecified atom stereocenters. The lowest BCUT2D eigenvalue weighted by atomic mass is 10.0. The number of rotatable bonds is 3. The van der Waals surface area contributed by atoms with Crippen LogP contribution in [0.15, 0.2) is 48.8 Å². The number of aromatic nitrogens is 1. The molecular weight excluding hydrogens is 290 g/mol. The number of carboxylic acids is 1. The van der Waals surface area contributed by atoms with Crippen molar-refractivity contribution in [1.29, 1.82) is 0 Å². The van der Waals surface area contributed by atoms with Gasteiger partial charge in [-0.05, 0) is 30.3 Å². The molecule has 0 amide bonds. The molecule has 0 radical (unpaired) electrons. The summed E-state index contributed by atoms with van der Waals surface area (Å²) >= 11 is 6.26. The maximum atomic E-state index is 11.6. The zero-order valence-electron chi connectivity index (χ0n) is 11.2. The van der Waals surface area contributed by atoms with E-state index in [1.807, 2.05) is 12.3 Å². The summed E-state index contributed by atoms with van der Waals surface area (Å²) in [6.07, 6.45) is 3.58. The number of fused-ring (bicyclic) bond motifs is 1. The van der Waals surface area contributed by atoms with Gasteiger partial charge in [-0.2, -0.15) is 0 Å². The molecule has 0 aliphatic carbocycles. The third-order valence-electron chi connectivity index (χ3n) is 3.36. The summed E-state index contributed by atoms with van der Waals surface area (Å²) in [7, 11) is 1.56. The molecule has 0 bridgehead atoms. The molecule has 3 rings (SSSR count). The molecule has 3 aromatic rings. The molecule has 21 heavy (non-hydrogen) atoms. The summed E-state index contributed by atoms with van der Waals surface area (Å²) in [5.41, 5.74) is 2.12. The molecule has 106 valence electrons. The van der Waals surface area contributed by atoms with Crippen molar-refractivity contribution in [1.82, 2.24) is 4.40 Å². The van der Waals surface area contributed by atoms with E-state index in [9.17, 15) is 9.90 Å². The van der Waals surface area contributed by atoms with Crippen molar-refractivity contribution in [3.63, 3.8) is 0 Å². The summed E-state index contributed by atoms with van der Waals surface area (Å²) in [6, 6.07) is 10.6. The monoisotopic (exact) mass is 301 g/mol. The van der Waals surface area contributed by atoms with Crippen LogP contribution in [0.25, 0.3) is 16.6 Å². The van der Waals surface area contributed by atoms with Crippen LogP contribution >= 0.6 is 11.6 Å². The fraction of sp³-hybridized carbons (Fsp3) is 0.0625. The number of hydrogen-bond donors (Lipinski definition) is 1. The number of benzene rings is 1. The maximum absolute atomic E-state index is 11.6. The van der Waals surface area contributed by atoms with E-state index in [2.05, 4.69) is 0 Å². The first kappa shape index (κ1) is 13.5. The third kappa shape index (κ3) is 2.23. The highest BCUT2D eigenvalue weighted by molar-refractivity contribution is 6.33. The Hall–Kier alpha value is -2.46. The van der Waals surface area contributed by atoms with Gasteiger partial charge in [0.25, 0.3) is 0 Å². The average molecular weight is 302 g/mol. The Morgan fingerprint density at radius 1 is 1.24 bits per heavy atom. The van der Waals surface area contributed by atoms with Crippen molar-refractivity contribution in [2.45, 2.75) is 0 Å². The number of nitrogens with zero attached hydrogens (tertiary/aromatic N) is 1. The molecule has 2 aromatic heterocycles. The molecule has 0 aliphatic heterocycles. The van der Waals surface area contributed by atoms with Gasteiger partial charge < -0.3 is 14.2 Å². The number of pyridine rings is 1. The van der Waals surface area contributed by atoms with E-state index in [0.717, 1.165) is 0 Å². The van der Waals surface area contributed by atoms with E-state index in [1.54, 1.807) is 48.0 Å². The summed E-state index contributed by atoms with van der Waals surface area (Å²) in [5.74, 6) is -0.352. The molecule has 0 fully saturated rings. The first-order chi connectivity index (χ1) is 10.1. The summed E-state index contributed by atoms with van der Waals surface area (Å²) in [6.45, 7) is 0. The largest absolute Gasteiger partial charge is 0.497 e. The lowest BCUT2D eigenvalue weighted by Crippen LogP contribution is -1.98. The SMILES string of the molecule is COc1ccc(-c2cn3ccccc3c2C(=O)O)c(Cl)c1. The van der Waals surface area contributed by atoms with E-state index < -0.39 is 5.97 Å². The fourth-order valence-electron chi connectivity index (χ4n) is 2.39. The van der Waals surface area contributed by atoms with Crippen LogP contribution in [0.2, 0.25) is 5.02 Å². The van der Waals surface area contributed by atoms with E-state index in [-0.39, 0.29) is 5.56 Å². The molecule has 2 heterocycles. The maximum Gasteiger partial charge on any atom is 0.338 e. The van der Waals surface area contributed by atoms with Crippen molar-refractivity contribution >= 4 is 23.1 Å². The second-order valence-electron chi connectivity index (χ2n) is 4.56. The lowest BCUT2D eigenvalue weighted by molar-refractivity contribution is 0.0700. The fourth-order valence-corrected chi connectivity index (χ4v) is 2.66. The van der Waals surface area contributed by atoms with Gasteiger partial charge in [0, 0.05) is 23.5 Å². The molecule has 1 N–H and O–H groups in total. The topological polar surface area (TPSA) is 50.9 Å². The Bertz CT molecular complexity index is 839. The quantitative estimate of drug-likeness (QED) is 0.796. The van der Waals surface area contributed by atoms with Crippen molar-refractivity contribution in [3.8, 4) is 16.9 Å². The summed E-state index contributed by atoms with van der Waals surface area (Å²) in [5, 5.41) is 9.98. The Kier molecular flexibility index (Phi) is 3.31. The number of carbonyl (C=O) groups is 1. The van der Waals surface area contributed by atoms with Crippen LogP contribution in [0, 0.1) is 0 Å². The molecule has 0 aliphatic rings. The first-order valence-corrected chi connectivity index (χ1v) is 6.66. The van der Waals surface area contributed by atoms with E-state index in [1.165, 1.54) is 0 Å². The van der Waals surface area contributed by atoms with Gasteiger partial charge in [0.1, 0.15) is 5.75 Å². The van der Waals surface area contributed by atoms with E-state index >= 15 is 0 Å². The number of hydrogen-bond acceptors (Lipinski definition) is 2. The van der Waals surface area contributed by atoms with Crippen LogP contribution < -0.4 is 4.74 Å². The first-order valence-electron chi connectivity index (χ1n) is 6.28. The third-order valence-corrected chi connectivity index (χ3v) is 3.68. The normalized spacial score (nSPS) is 10.8. The molecule has 0 saturated carbocycles. The Morgan fingerprint density at radius 2 is 2.05 bits per heavy atom. The van der Waals surface area contributed by atoms with Gasteiger partial charge in [0.05, 0.1) is 23.2 Å². The van der Waals surface area contributed by atoms with Crippen molar-refractivity contribution in [2.24, 2.45) is 0 Å². The van der Waals surface area contributed by atoms with E-state index in [0.29, 0.717) is 27.4 Å². The molecule has 1 aromatic carbocycles. The van der Waals surface area contributed by atoms with Crippen molar-refractivity contribution < 1.29 is 14.6 Å². The molecule has 0 spiro atoms. The summed E-state index contributed by atoms with van der Waals surface area (Å²) < 4.78 is 6.89. The van der Waals surface area contributed by atoms with Crippen LogP contribution in [0.4, 0.5) is 0 Å². The standard InChI is InChI=1S/C16H12ClNO3/c1-21-10-5-6-11(13(17)8-10)12-9-18-7-3-2-4-14(18)15(12)16(19)20/h2-9H,1H3,(H,19,20). The van der Waals surface area contributed by atoms with Gasteiger partial charge in [0.15, 0.2) is 0 Å². The Balaban J connectivity index is 2.29. The predicted octanol–water partition coefficient (Wildman–Crippen LogP) is 3.97. The number of aromatic carboxylic acids is 1. The van der Waals surface area contributed by atoms with Crippen LogP contribution in [0.1, 0.15) is 10.4 Å². The minimum Gasteiger partial charge on any atom is -0.497 e. The van der Waals surface area contributed by atoms with Crippen LogP contribution in [0.5, 0.6) is 5.75 Å². The molecule has 0 atom stereocenters. The molecular formula is C16H12ClNO3. The second-order valence-corrected chi connectivity index (χ2v) is 4.97. The van der Waals surface area contributed by atoms with Crippen molar-refractivity contribution in [2.75, 3.05) is 7.11 Å². The summed E-state index contributed by atoms with van der Waals surface area (Å²) in [4.78, 5) is 11.6. The van der Waals surface area contributed by atoms with Gasteiger partial charge in [0.2, 0.25) is 0 Å². The Morgan fingerprint density at radius 3 is 2.71 bits per heavy atom. The van der Waals surface area contributed by atoms with E-state index in [4.69, 9.17) is 16.3 Å². The molecule has 0 saturated heterocycles. The number of methoxy groups -OCH3 is 1. The van der Waals surface area contributed by atoms with Gasteiger partial charge in [-0.3, -0.25) is 0 Å². The minimum absolute atomic E-state index is 0.239. The zero-order chi connectivity index (χ0) is 15.0. The number of halogens is 1. The zero-order valence-corrected chi connectivity index (χ0v) is 12.0. The molecule has 5 heteroatoms. The minimum atomic E-state index is -0.981. The van der Waals surface area contributed by atoms with Crippen molar-refractivity contribution in [3.05, 3.63) is 59.4 Å². The lowest BCUT2D eigenvalue weighted by Gasteiger charge is -2.06. The number of ether oxygens (including phenoxy) is 1. The Labute approximate surface area is 126 Å².